The van der Waals surface area contributed by atoms with Crippen molar-refractivity contribution in [2.75, 3.05) is 0 Å². The molecule has 0 saturated carbocycles. The molecule has 0 saturated heterocycles. The van der Waals surface area contributed by atoms with Crippen LogP contribution in [-0.4, -0.2) is 23.8 Å². The highest BCUT2D eigenvalue weighted by Gasteiger charge is 2.20. The second kappa shape index (κ2) is 4.66. The summed E-state index contributed by atoms with van der Waals surface area (Å²) in [6, 6.07) is 0.182. The minimum atomic E-state index is -0.446. The Bertz CT molecular complexity index is 256. The number of rotatable bonds is 1. The minimum absolute atomic E-state index is 0.0552. The number of hydrogen-bond acceptors (Lipinski definition) is 3. The second-order valence-corrected chi connectivity index (χ2v) is 4.88. The van der Waals surface area contributed by atoms with Gasteiger partial charge in [-0.3, -0.25) is 0 Å². The molecule has 0 aromatic heterocycles. The number of nitrogens with two attached hydrogens (primary N) is 1. The molecule has 4 nitrogen and oxygen atoms in total. The van der Waals surface area contributed by atoms with Crippen LogP contribution in [0.1, 0.15) is 33.6 Å². The topological polar surface area (TPSA) is 64.3 Å². The molecule has 0 spiro atoms. The van der Waals surface area contributed by atoms with Gasteiger partial charge in [-0.1, -0.05) is 12.2 Å². The average Bonchev–Trinajstić information content (AvgIpc) is 2.05. The predicted molar refractivity (Wildman–Crippen MR) is 59.5 cm³/mol. The first-order valence-corrected chi connectivity index (χ1v) is 5.30. The molecule has 1 rings (SSSR count). The zero-order valence-electron chi connectivity index (χ0n) is 9.62. The zero-order chi connectivity index (χ0) is 11.5. The lowest BCUT2D eigenvalue weighted by atomic mass is 9.99. The molecule has 1 amide bonds. The Hall–Kier alpha value is -1.03. The molecular weight excluding hydrogens is 192 g/mol. The Kier molecular flexibility index (Phi) is 3.74. The maximum atomic E-state index is 11.4. The Morgan fingerprint density at radius 3 is 2.53 bits per heavy atom. The molecule has 15 heavy (non-hydrogen) atoms. The van der Waals surface area contributed by atoms with Gasteiger partial charge in [0.15, 0.2) is 0 Å². The van der Waals surface area contributed by atoms with Crippen LogP contribution in [0.3, 0.4) is 0 Å². The van der Waals surface area contributed by atoms with Gasteiger partial charge in [0.2, 0.25) is 0 Å². The van der Waals surface area contributed by atoms with Crippen molar-refractivity contribution in [1.82, 2.24) is 5.32 Å². The maximum Gasteiger partial charge on any atom is 0.408 e. The van der Waals surface area contributed by atoms with Crippen molar-refractivity contribution in [2.24, 2.45) is 5.73 Å². The van der Waals surface area contributed by atoms with Crippen molar-refractivity contribution < 1.29 is 9.53 Å². The first-order chi connectivity index (χ1) is 6.87. The molecule has 2 unspecified atom stereocenters. The van der Waals surface area contributed by atoms with Gasteiger partial charge in [-0.25, -0.2) is 4.79 Å². The largest absolute Gasteiger partial charge is 0.444 e. The predicted octanol–water partition coefficient (Wildman–Crippen LogP) is 1.56. The fourth-order valence-electron chi connectivity index (χ4n) is 1.42. The van der Waals surface area contributed by atoms with E-state index in [9.17, 15) is 4.79 Å². The number of alkyl carbamates (subject to hydrolysis) is 1. The molecule has 4 heteroatoms. The lowest BCUT2D eigenvalue weighted by Gasteiger charge is -2.24. The summed E-state index contributed by atoms with van der Waals surface area (Å²) in [5, 5.41) is 2.79. The van der Waals surface area contributed by atoms with E-state index in [4.69, 9.17) is 10.5 Å². The molecule has 0 radical (unpaired) electrons. The van der Waals surface area contributed by atoms with E-state index in [0.29, 0.717) is 0 Å². The summed E-state index contributed by atoms with van der Waals surface area (Å²) < 4.78 is 5.15. The van der Waals surface area contributed by atoms with Crippen LogP contribution in [0.2, 0.25) is 0 Å². The first-order valence-electron chi connectivity index (χ1n) is 5.30. The lowest BCUT2D eigenvalue weighted by molar-refractivity contribution is 0.0511. The molecule has 3 N–H and O–H groups in total. The Morgan fingerprint density at radius 1 is 1.40 bits per heavy atom. The summed E-state index contributed by atoms with van der Waals surface area (Å²) in [6.45, 7) is 5.54. The van der Waals surface area contributed by atoms with Crippen molar-refractivity contribution in [3.05, 3.63) is 12.2 Å². The quantitative estimate of drug-likeness (QED) is 0.648. The Morgan fingerprint density at radius 2 is 2.07 bits per heavy atom. The standard InChI is InChI=1S/C11H20N2O2/c1-11(2,3)15-10(14)13-9-6-4-8(12)5-7-9/h4,6,8-9H,5,7,12H2,1-3H3,(H,13,14). The number of nitrogens with one attached hydrogen (secondary N) is 1. The van der Waals surface area contributed by atoms with E-state index in [0.717, 1.165) is 12.8 Å². The molecule has 86 valence electrons. The number of hydrogen-bond donors (Lipinski definition) is 2. The van der Waals surface area contributed by atoms with Gasteiger partial charge < -0.3 is 15.8 Å². The smallest absolute Gasteiger partial charge is 0.408 e. The molecule has 0 aromatic rings. The summed E-state index contributed by atoms with van der Waals surface area (Å²) >= 11 is 0. The maximum absolute atomic E-state index is 11.4. The third kappa shape index (κ3) is 4.83. The summed E-state index contributed by atoms with van der Waals surface area (Å²) in [5.74, 6) is 0. The number of carbonyl (C=O) groups excluding carboxylic acids is 1. The van der Waals surface area contributed by atoms with Gasteiger partial charge in [-0.15, -0.1) is 0 Å². The minimum Gasteiger partial charge on any atom is -0.444 e. The summed E-state index contributed by atoms with van der Waals surface area (Å²) in [7, 11) is 0. The first kappa shape index (κ1) is 12.0. The van der Waals surface area contributed by atoms with Crippen LogP contribution in [-0.2, 0) is 4.74 Å². The fourth-order valence-corrected chi connectivity index (χ4v) is 1.42. The van der Waals surface area contributed by atoms with Crippen LogP contribution in [0.5, 0.6) is 0 Å². The van der Waals surface area contributed by atoms with E-state index in [2.05, 4.69) is 5.32 Å². The normalized spacial score (nSPS) is 26.1. The summed E-state index contributed by atoms with van der Waals surface area (Å²) in [4.78, 5) is 11.4. The van der Waals surface area contributed by atoms with Crippen molar-refractivity contribution in [2.45, 2.75) is 51.3 Å². The SMILES string of the molecule is CC(C)(C)OC(=O)NC1C=CC(N)CC1. The van der Waals surface area contributed by atoms with Crippen LogP contribution in [0.4, 0.5) is 4.79 Å². The molecule has 0 aliphatic heterocycles. The third-order valence-corrected chi connectivity index (χ3v) is 2.10. The van der Waals surface area contributed by atoms with Crippen LogP contribution in [0.25, 0.3) is 0 Å². The fraction of sp³-hybridized carbons (Fsp3) is 0.727. The van der Waals surface area contributed by atoms with E-state index in [1.54, 1.807) is 0 Å². The van der Waals surface area contributed by atoms with Crippen LogP contribution in [0, 0.1) is 0 Å². The number of ether oxygens (including phenoxy) is 1. The van der Waals surface area contributed by atoms with Gasteiger partial charge in [0, 0.05) is 6.04 Å². The molecule has 0 heterocycles. The van der Waals surface area contributed by atoms with Crippen LogP contribution >= 0.6 is 0 Å². The van der Waals surface area contributed by atoms with E-state index >= 15 is 0 Å². The van der Waals surface area contributed by atoms with Crippen molar-refractivity contribution in [1.29, 1.82) is 0 Å². The van der Waals surface area contributed by atoms with Crippen LogP contribution in [0.15, 0.2) is 12.2 Å². The van der Waals surface area contributed by atoms with Crippen molar-refractivity contribution in [3.63, 3.8) is 0 Å². The zero-order valence-corrected chi connectivity index (χ0v) is 9.62. The van der Waals surface area contributed by atoms with Gasteiger partial charge in [-0.05, 0) is 33.6 Å². The van der Waals surface area contributed by atoms with Gasteiger partial charge in [0.05, 0.1) is 6.04 Å². The summed E-state index contributed by atoms with van der Waals surface area (Å²) in [5.41, 5.74) is 5.25. The highest BCUT2D eigenvalue weighted by molar-refractivity contribution is 5.68. The van der Waals surface area contributed by atoms with Crippen LogP contribution < -0.4 is 11.1 Å². The van der Waals surface area contributed by atoms with E-state index in [1.807, 2.05) is 32.9 Å². The van der Waals surface area contributed by atoms with E-state index in [-0.39, 0.29) is 18.2 Å². The third-order valence-electron chi connectivity index (χ3n) is 2.10. The lowest BCUT2D eigenvalue weighted by Crippen LogP contribution is -2.40. The van der Waals surface area contributed by atoms with Gasteiger partial charge in [0.25, 0.3) is 0 Å². The number of amides is 1. The van der Waals surface area contributed by atoms with Crippen molar-refractivity contribution in [3.8, 4) is 0 Å². The Labute approximate surface area is 90.9 Å². The highest BCUT2D eigenvalue weighted by Crippen LogP contribution is 2.11. The monoisotopic (exact) mass is 212 g/mol. The van der Waals surface area contributed by atoms with Gasteiger partial charge >= 0.3 is 6.09 Å². The molecule has 1 aliphatic rings. The molecule has 0 fully saturated rings. The second-order valence-electron chi connectivity index (χ2n) is 4.88. The molecular formula is C11H20N2O2. The van der Waals surface area contributed by atoms with E-state index < -0.39 is 5.60 Å². The highest BCUT2D eigenvalue weighted by atomic mass is 16.6. The average molecular weight is 212 g/mol. The molecule has 0 aromatic carbocycles. The van der Waals surface area contributed by atoms with E-state index in [1.165, 1.54) is 0 Å². The molecule has 2 atom stereocenters. The summed E-state index contributed by atoms with van der Waals surface area (Å²) in [6.07, 6.45) is 5.25. The van der Waals surface area contributed by atoms with Gasteiger partial charge in [0.1, 0.15) is 5.60 Å². The van der Waals surface area contributed by atoms with Crippen molar-refractivity contribution >= 4 is 6.09 Å². The van der Waals surface area contributed by atoms with Gasteiger partial charge in [-0.2, -0.15) is 0 Å². The molecule has 0 bridgehead atoms. The molecule has 1 aliphatic carbocycles. The Balaban J connectivity index is 2.36. The number of carbonyl (C=O) groups is 1.